The van der Waals surface area contributed by atoms with Crippen molar-refractivity contribution in [1.82, 2.24) is 9.97 Å². The average molecular weight is 170 g/mol. The Hall–Kier alpha value is -1.02. The third-order valence-electron chi connectivity index (χ3n) is 1.17. The Kier molecular flexibility index (Phi) is 2.15. The van der Waals surface area contributed by atoms with E-state index in [1.54, 1.807) is 6.92 Å². The molecule has 0 aliphatic rings. The Labute approximate surface area is 65.9 Å². The lowest BCUT2D eigenvalue weighted by Crippen LogP contribution is -2.14. The molecule has 1 N–H and O–H groups in total. The van der Waals surface area contributed by atoms with Crippen LogP contribution in [-0.4, -0.2) is 21.0 Å². The second kappa shape index (κ2) is 2.93. The second-order valence-corrected chi connectivity index (χ2v) is 2.57. The Morgan fingerprint density at radius 3 is 2.82 bits per heavy atom. The van der Waals surface area contributed by atoms with Gasteiger partial charge in [-0.25, -0.2) is 14.8 Å². The smallest absolute Gasteiger partial charge is 0.339 e. The summed E-state index contributed by atoms with van der Waals surface area (Å²) in [5, 5.41) is 8.56. The number of carbonyl (C=O) groups is 1. The minimum absolute atomic E-state index is 0.126. The number of hydrogen-bond acceptors (Lipinski definition) is 3. The number of nitrogens with zero attached hydrogens (tertiary/aromatic N) is 2. The van der Waals surface area contributed by atoms with Crippen molar-refractivity contribution in [2.24, 2.45) is 0 Å². The van der Waals surface area contributed by atoms with Gasteiger partial charge in [-0.2, -0.15) is 0 Å². The molecule has 0 saturated carbocycles. The highest BCUT2D eigenvalue weighted by atomic mass is 31.0. The minimum Gasteiger partial charge on any atom is -0.478 e. The lowest BCUT2D eigenvalue weighted by atomic mass is 10.3. The van der Waals surface area contributed by atoms with Crippen LogP contribution < -0.4 is 5.44 Å². The van der Waals surface area contributed by atoms with E-state index in [4.69, 9.17) is 5.11 Å². The van der Waals surface area contributed by atoms with Crippen LogP contribution in [0.15, 0.2) is 6.20 Å². The van der Waals surface area contributed by atoms with Crippen LogP contribution in [0.25, 0.3) is 0 Å². The van der Waals surface area contributed by atoms with Gasteiger partial charge in [0.2, 0.25) is 0 Å². The average Bonchev–Trinajstić information content (AvgIpc) is 1.85. The largest absolute Gasteiger partial charge is 0.478 e. The van der Waals surface area contributed by atoms with E-state index in [1.165, 1.54) is 6.20 Å². The minimum atomic E-state index is -1.00. The fourth-order valence-electron chi connectivity index (χ4n) is 0.652. The van der Waals surface area contributed by atoms with Gasteiger partial charge in [0.1, 0.15) is 11.4 Å². The highest BCUT2D eigenvalue weighted by molar-refractivity contribution is 7.27. The van der Waals surface area contributed by atoms with Gasteiger partial charge in [-0.1, -0.05) is 9.24 Å². The van der Waals surface area contributed by atoms with E-state index in [0.717, 1.165) is 0 Å². The Morgan fingerprint density at radius 1 is 1.73 bits per heavy atom. The topological polar surface area (TPSA) is 63.1 Å². The molecule has 0 aromatic carbocycles. The summed E-state index contributed by atoms with van der Waals surface area (Å²) in [5.74, 6) is -0.435. The maximum Gasteiger partial charge on any atom is 0.339 e. The van der Waals surface area contributed by atoms with Gasteiger partial charge in [-0.15, -0.1) is 0 Å². The zero-order valence-corrected chi connectivity index (χ0v) is 7.06. The van der Waals surface area contributed by atoms with Crippen LogP contribution in [0.5, 0.6) is 0 Å². The zero-order chi connectivity index (χ0) is 8.43. The summed E-state index contributed by atoms with van der Waals surface area (Å²) in [6, 6.07) is 0. The van der Waals surface area contributed by atoms with Gasteiger partial charge >= 0.3 is 5.97 Å². The maximum atomic E-state index is 10.4. The van der Waals surface area contributed by atoms with Crippen molar-refractivity contribution < 1.29 is 9.90 Å². The molecule has 0 radical (unpaired) electrons. The summed E-state index contributed by atoms with van der Waals surface area (Å²) in [5.41, 5.74) is 0.547. The Balaban J connectivity index is 3.20. The summed E-state index contributed by atoms with van der Waals surface area (Å²) in [6.07, 6.45) is 1.30. The lowest BCUT2D eigenvalue weighted by Gasteiger charge is -1.98. The summed E-state index contributed by atoms with van der Waals surface area (Å²) >= 11 is 0. The second-order valence-electron chi connectivity index (χ2n) is 2.02. The molecule has 0 spiro atoms. The molecule has 58 valence electrons. The van der Waals surface area contributed by atoms with Crippen molar-refractivity contribution in [3.05, 3.63) is 17.6 Å². The normalized spacial score (nSPS) is 9.64. The molecule has 1 aromatic rings. The highest BCUT2D eigenvalue weighted by Crippen LogP contribution is 1.96. The molecule has 0 saturated heterocycles. The van der Waals surface area contributed by atoms with Crippen molar-refractivity contribution in [2.45, 2.75) is 6.92 Å². The van der Waals surface area contributed by atoms with Crippen LogP contribution >= 0.6 is 9.24 Å². The van der Waals surface area contributed by atoms with E-state index in [1.807, 2.05) is 0 Å². The molecule has 0 aliphatic heterocycles. The quantitative estimate of drug-likeness (QED) is 0.602. The molecule has 1 rings (SSSR count). The van der Waals surface area contributed by atoms with E-state index in [0.29, 0.717) is 11.3 Å². The summed E-state index contributed by atoms with van der Waals surface area (Å²) in [7, 11) is 2.26. The molecular formula is C6H7N2O2P. The number of carboxylic acid groups (broad SMARTS) is 1. The van der Waals surface area contributed by atoms with Crippen LogP contribution in [0.1, 0.15) is 16.2 Å². The van der Waals surface area contributed by atoms with E-state index in [2.05, 4.69) is 19.2 Å². The number of aromatic carboxylic acids is 1. The van der Waals surface area contributed by atoms with E-state index >= 15 is 0 Å². The van der Waals surface area contributed by atoms with E-state index in [-0.39, 0.29) is 5.56 Å². The third-order valence-corrected chi connectivity index (χ3v) is 1.61. The first-order chi connectivity index (χ1) is 5.11. The highest BCUT2D eigenvalue weighted by Gasteiger charge is 2.07. The van der Waals surface area contributed by atoms with Gasteiger partial charge in [0, 0.05) is 6.20 Å². The predicted octanol–water partition coefficient (Wildman–Crippen LogP) is -0.0164. The molecule has 4 nitrogen and oxygen atoms in total. The number of carboxylic acids is 1. The lowest BCUT2D eigenvalue weighted by molar-refractivity contribution is 0.0697. The molecule has 5 heteroatoms. The van der Waals surface area contributed by atoms with Gasteiger partial charge < -0.3 is 5.11 Å². The van der Waals surface area contributed by atoms with Crippen LogP contribution in [0, 0.1) is 6.92 Å². The molecule has 0 aliphatic carbocycles. The fourth-order valence-corrected chi connectivity index (χ4v) is 1.04. The van der Waals surface area contributed by atoms with Crippen LogP contribution in [0.3, 0.4) is 0 Å². The first kappa shape index (κ1) is 8.08. The molecule has 11 heavy (non-hydrogen) atoms. The molecule has 1 aromatic heterocycles. The van der Waals surface area contributed by atoms with E-state index in [9.17, 15) is 4.79 Å². The predicted molar refractivity (Wildman–Crippen MR) is 43.1 cm³/mol. The summed E-state index contributed by atoms with van der Waals surface area (Å²) in [6.45, 7) is 1.71. The Bertz CT molecular complexity index is 301. The number of aryl methyl sites for hydroxylation is 1. The van der Waals surface area contributed by atoms with Crippen molar-refractivity contribution in [1.29, 1.82) is 0 Å². The van der Waals surface area contributed by atoms with Crippen LogP contribution in [0.2, 0.25) is 0 Å². The van der Waals surface area contributed by atoms with Crippen LogP contribution in [0.4, 0.5) is 0 Å². The Morgan fingerprint density at radius 2 is 2.36 bits per heavy atom. The van der Waals surface area contributed by atoms with E-state index < -0.39 is 5.97 Å². The van der Waals surface area contributed by atoms with Crippen LogP contribution in [-0.2, 0) is 0 Å². The molecule has 0 amide bonds. The molecule has 0 bridgehead atoms. The first-order valence-electron chi connectivity index (χ1n) is 2.93. The number of rotatable bonds is 1. The molecule has 1 atom stereocenters. The van der Waals surface area contributed by atoms with Gasteiger partial charge in [0.15, 0.2) is 0 Å². The monoisotopic (exact) mass is 170 g/mol. The first-order valence-corrected chi connectivity index (χ1v) is 3.51. The van der Waals surface area contributed by atoms with Gasteiger partial charge in [0.05, 0.1) is 5.44 Å². The van der Waals surface area contributed by atoms with Gasteiger partial charge in [0.25, 0.3) is 0 Å². The van der Waals surface area contributed by atoms with Crippen molar-refractivity contribution in [3.8, 4) is 0 Å². The standard InChI is InChI=1S/C6H7N2O2P/c1-3-7-2-4(6(9)10)5(11)8-3/h2H,11H2,1H3,(H,9,10). The molecule has 1 heterocycles. The molecular weight excluding hydrogens is 163 g/mol. The number of hydrogen-bond donors (Lipinski definition) is 1. The molecule has 0 fully saturated rings. The SMILES string of the molecule is Cc1ncc(C(=O)O)c(P)n1. The fraction of sp³-hybridized carbons (Fsp3) is 0.167. The van der Waals surface area contributed by atoms with Crippen molar-refractivity contribution >= 4 is 20.6 Å². The third kappa shape index (κ3) is 1.71. The van der Waals surface area contributed by atoms with Crippen molar-refractivity contribution in [2.75, 3.05) is 0 Å². The van der Waals surface area contributed by atoms with Gasteiger partial charge in [-0.05, 0) is 6.92 Å². The number of aromatic nitrogens is 2. The van der Waals surface area contributed by atoms with Gasteiger partial charge in [-0.3, -0.25) is 0 Å². The zero-order valence-electron chi connectivity index (χ0n) is 5.90. The maximum absolute atomic E-state index is 10.4. The van der Waals surface area contributed by atoms with Crippen molar-refractivity contribution in [3.63, 3.8) is 0 Å². The summed E-state index contributed by atoms with van der Waals surface area (Å²) in [4.78, 5) is 18.1. The molecule has 1 unspecified atom stereocenters. The summed E-state index contributed by atoms with van der Waals surface area (Å²) < 4.78 is 0.